The summed E-state index contributed by atoms with van der Waals surface area (Å²) in [6.45, 7) is 2.57. The molecule has 72 heavy (non-hydrogen) atoms. The first-order chi connectivity index (χ1) is 35.2. The Labute approximate surface area is 467 Å². The van der Waals surface area contributed by atoms with Crippen molar-refractivity contribution >= 4 is 84.4 Å². The SMILES string of the molecule is C(C=C(c1ccccc1)c1ccccc1)=NCCN=CC=C(c1ccccc1)c1ccccc1.C(C=C(c1ccccc1)c1ccccc1)=NCCN=CC=C(c1ccccc1)c1ccccc1.I[I-]I.[Cu+]. The van der Waals surface area contributed by atoms with Crippen molar-refractivity contribution in [1.29, 1.82) is 0 Å². The maximum absolute atomic E-state index is 4.56. The van der Waals surface area contributed by atoms with Gasteiger partial charge in [0.15, 0.2) is 0 Å². The van der Waals surface area contributed by atoms with Gasteiger partial charge in [-0.2, -0.15) is 0 Å². The van der Waals surface area contributed by atoms with Crippen LogP contribution in [-0.4, -0.2) is 51.0 Å². The third-order valence-corrected chi connectivity index (χ3v) is 10.8. The number of nitrogens with zero attached hydrogens (tertiary/aromatic N) is 4. The minimum absolute atomic E-state index is 0. The summed E-state index contributed by atoms with van der Waals surface area (Å²) in [6.07, 6.45) is 15.9. The van der Waals surface area contributed by atoms with Gasteiger partial charge < -0.3 is 0 Å². The maximum atomic E-state index is 4.56. The average Bonchev–Trinajstić information content (AvgIpc) is 3.44. The monoisotopic (exact) mass is 1320 g/mol. The topological polar surface area (TPSA) is 49.4 Å². The third-order valence-electron chi connectivity index (χ3n) is 10.8. The van der Waals surface area contributed by atoms with Crippen LogP contribution in [-0.2, 0) is 17.1 Å². The van der Waals surface area contributed by atoms with E-state index in [1.54, 1.807) is 0 Å². The molecule has 8 heteroatoms. The van der Waals surface area contributed by atoms with E-state index < -0.39 is 0 Å². The minimum Gasteiger partial charge on any atom is 1.00 e. The molecule has 0 amide bonds. The number of benzene rings is 8. The van der Waals surface area contributed by atoms with Crippen molar-refractivity contribution in [3.63, 3.8) is 0 Å². The van der Waals surface area contributed by atoms with Gasteiger partial charge in [0, 0.05) is 24.9 Å². The van der Waals surface area contributed by atoms with E-state index in [-0.39, 0.29) is 17.1 Å². The van der Waals surface area contributed by atoms with Gasteiger partial charge in [-0.05, 0) is 91.1 Å². The van der Waals surface area contributed by atoms with Crippen molar-refractivity contribution in [3.8, 4) is 0 Å². The normalized spacial score (nSPS) is 10.6. The van der Waals surface area contributed by atoms with Gasteiger partial charge in [-0.1, -0.05) is 243 Å². The molecule has 0 saturated heterocycles. The van der Waals surface area contributed by atoms with Crippen LogP contribution in [0, 0.1) is 0 Å². The number of hydrogen-bond donors (Lipinski definition) is 0. The molecule has 0 N–H and O–H groups in total. The summed E-state index contributed by atoms with van der Waals surface area (Å²) in [7, 11) is 0. The zero-order valence-corrected chi connectivity index (χ0v) is 47.2. The Hall–Kier alpha value is -5.89. The summed E-state index contributed by atoms with van der Waals surface area (Å²) in [5.74, 6) is 0. The summed E-state index contributed by atoms with van der Waals surface area (Å²) < 4.78 is 0. The summed E-state index contributed by atoms with van der Waals surface area (Å²) in [4.78, 5) is 18.2. The molecule has 0 atom stereocenters. The second-order valence-corrected chi connectivity index (χ2v) is 31.8. The van der Waals surface area contributed by atoms with Crippen molar-refractivity contribution in [2.24, 2.45) is 20.0 Å². The van der Waals surface area contributed by atoms with Crippen LogP contribution < -0.4 is 13.3 Å². The van der Waals surface area contributed by atoms with E-state index in [9.17, 15) is 0 Å². The zero-order chi connectivity index (χ0) is 49.2. The summed E-state index contributed by atoms with van der Waals surface area (Å²) >= 11 is 5.30. The van der Waals surface area contributed by atoms with Crippen LogP contribution in [0.15, 0.2) is 287 Å². The first-order valence-electron chi connectivity index (χ1n) is 23.4. The van der Waals surface area contributed by atoms with Gasteiger partial charge in [0.1, 0.15) is 0 Å². The molecule has 8 rings (SSSR count). The Balaban J connectivity index is 0.000000250. The first-order valence-corrected chi connectivity index (χ1v) is 35.9. The molecule has 0 aromatic heterocycles. The van der Waals surface area contributed by atoms with Gasteiger partial charge in [-0.25, -0.2) is 0 Å². The van der Waals surface area contributed by atoms with E-state index in [4.69, 9.17) is 0 Å². The molecule has 0 saturated carbocycles. The number of allylic oxidation sites excluding steroid dienone is 4. The molecule has 0 aliphatic heterocycles. The molecule has 0 unspecified atom stereocenters. The van der Waals surface area contributed by atoms with Gasteiger partial charge in [0.05, 0.1) is 26.2 Å². The summed E-state index contributed by atoms with van der Waals surface area (Å²) in [6, 6.07) is 83.3. The van der Waals surface area contributed by atoms with Crippen LogP contribution in [0.5, 0.6) is 0 Å². The Morgan fingerprint density at radius 2 is 0.389 bits per heavy atom. The van der Waals surface area contributed by atoms with E-state index in [1.807, 2.05) is 73.4 Å². The Morgan fingerprint density at radius 1 is 0.264 bits per heavy atom. The van der Waals surface area contributed by atoms with Crippen molar-refractivity contribution in [1.82, 2.24) is 0 Å². The van der Waals surface area contributed by atoms with Crippen molar-refractivity contribution in [2.45, 2.75) is 0 Å². The quantitative estimate of drug-likeness (QED) is 0.0356. The molecular weight excluding hydrogens is 1270 g/mol. The van der Waals surface area contributed by atoms with Crippen LogP contribution in [0.4, 0.5) is 0 Å². The molecule has 0 aliphatic rings. The fraction of sp³-hybridized carbons (Fsp3) is 0.0625. The fourth-order valence-electron chi connectivity index (χ4n) is 7.42. The van der Waals surface area contributed by atoms with Crippen LogP contribution in [0.25, 0.3) is 22.3 Å². The molecule has 0 radical (unpaired) electrons. The zero-order valence-electron chi connectivity index (χ0n) is 39.8. The van der Waals surface area contributed by atoms with Crippen LogP contribution in [0.1, 0.15) is 44.5 Å². The van der Waals surface area contributed by atoms with E-state index in [0.29, 0.717) is 39.4 Å². The molecular formula is C64H56CuI3N4. The van der Waals surface area contributed by atoms with Crippen LogP contribution in [0.2, 0.25) is 0 Å². The van der Waals surface area contributed by atoms with Crippen molar-refractivity contribution < 1.29 is 30.3 Å². The van der Waals surface area contributed by atoms with Crippen molar-refractivity contribution in [3.05, 3.63) is 311 Å². The van der Waals surface area contributed by atoms with E-state index in [0.717, 1.165) is 22.3 Å². The smallest absolute Gasteiger partial charge is 1.00 e. The maximum Gasteiger partial charge on any atom is 1.00 e. The number of rotatable bonds is 18. The molecule has 8 aromatic carbocycles. The second-order valence-electron chi connectivity index (χ2n) is 15.5. The largest absolute Gasteiger partial charge is 1.00 e. The molecule has 0 spiro atoms. The molecule has 0 aliphatic carbocycles. The molecule has 4 nitrogen and oxygen atoms in total. The third kappa shape index (κ3) is 20.3. The van der Waals surface area contributed by atoms with Gasteiger partial charge in [-0.15, -0.1) is 0 Å². The Bertz CT molecular complexity index is 2390. The summed E-state index contributed by atoms with van der Waals surface area (Å²) in [5.41, 5.74) is 14.1. The average molecular weight is 1330 g/mol. The minimum atomic E-state index is 0. The standard InChI is InChI=1S/2C32H28N2.Cu.I3/c2*1-5-13-27(14-6-1)31(28-15-7-2-8-16-28)21-23-33-25-26-34-24-22-32(29-17-9-3-10-18-29)30-19-11-4-12-20-30;;1-3-2/h2*1-24H,25-26H2;;/q;;+1;-1. The predicted octanol–water partition coefficient (Wildman–Crippen LogP) is 13.6. The molecule has 0 heterocycles. The van der Waals surface area contributed by atoms with Crippen LogP contribution in [0.3, 0.4) is 0 Å². The summed E-state index contributed by atoms with van der Waals surface area (Å²) in [5, 5.41) is 0. The fourth-order valence-corrected chi connectivity index (χ4v) is 7.42. The Morgan fingerprint density at radius 3 is 0.514 bits per heavy atom. The number of hydrogen-bond acceptors (Lipinski definition) is 4. The second kappa shape index (κ2) is 35.3. The molecule has 8 aromatic rings. The van der Waals surface area contributed by atoms with Gasteiger partial charge in [0.25, 0.3) is 0 Å². The van der Waals surface area contributed by atoms with E-state index >= 15 is 0 Å². The number of aliphatic imine (C=N–C) groups is 4. The first kappa shape index (κ1) is 57.0. The van der Waals surface area contributed by atoms with Gasteiger partial charge in [-0.3, -0.25) is 20.0 Å². The van der Waals surface area contributed by atoms with E-state index in [1.165, 1.54) is 44.5 Å². The van der Waals surface area contributed by atoms with Crippen molar-refractivity contribution in [2.75, 3.05) is 26.2 Å². The van der Waals surface area contributed by atoms with Crippen LogP contribution >= 0.6 is 37.2 Å². The molecule has 0 bridgehead atoms. The Kier molecular flexibility index (Phi) is 27.9. The predicted molar refractivity (Wildman–Crippen MR) is 321 cm³/mol. The van der Waals surface area contributed by atoms with Gasteiger partial charge in [0.2, 0.25) is 0 Å². The molecule has 364 valence electrons. The van der Waals surface area contributed by atoms with E-state index in [2.05, 4.69) is 276 Å². The number of halogens is 3. The molecule has 0 fully saturated rings. The van der Waals surface area contributed by atoms with Gasteiger partial charge >= 0.3 is 67.6 Å².